The van der Waals surface area contributed by atoms with Crippen molar-refractivity contribution in [1.29, 1.82) is 0 Å². The van der Waals surface area contributed by atoms with Crippen molar-refractivity contribution in [2.75, 3.05) is 0 Å². The Bertz CT molecular complexity index is 1210. The summed E-state index contributed by atoms with van der Waals surface area (Å²) in [6.45, 7) is 3.13. The van der Waals surface area contributed by atoms with E-state index in [1.165, 1.54) is 12.1 Å². The van der Waals surface area contributed by atoms with Gasteiger partial charge in [0.05, 0.1) is 11.0 Å². The molecule has 9 heteroatoms. The molecular weight excluding hydrogens is 451 g/mol. The number of ketones is 1. The predicted molar refractivity (Wildman–Crippen MR) is 119 cm³/mol. The Morgan fingerprint density at radius 3 is 2.32 bits per heavy atom. The number of ether oxygens (including phenoxy) is 1. The van der Waals surface area contributed by atoms with Gasteiger partial charge in [0.1, 0.15) is 23.8 Å². The van der Waals surface area contributed by atoms with Crippen LogP contribution in [0.4, 0.5) is 13.2 Å². The normalized spacial score (nSPS) is 13.4. The molecule has 1 heterocycles. The average molecular weight is 475 g/mol. The molecule has 34 heavy (non-hydrogen) atoms. The molecule has 0 aliphatic rings. The van der Waals surface area contributed by atoms with Crippen molar-refractivity contribution in [3.63, 3.8) is 0 Å². The molecule has 0 amide bonds. The fourth-order valence-electron chi connectivity index (χ4n) is 3.48. The number of phenolic OH excluding ortho intramolecular Hbond substituents is 1. The summed E-state index contributed by atoms with van der Waals surface area (Å²) in [5.74, 6) is -1.40. The van der Waals surface area contributed by atoms with Crippen LogP contribution in [0.5, 0.6) is 11.5 Å². The van der Waals surface area contributed by atoms with Crippen molar-refractivity contribution >= 4 is 22.5 Å². The van der Waals surface area contributed by atoms with E-state index >= 15 is 0 Å². The molecule has 0 radical (unpaired) electrons. The number of alkyl halides is 3. The number of aromatic nitrogens is 1. The van der Waals surface area contributed by atoms with Gasteiger partial charge in [-0.25, -0.2) is 0 Å². The van der Waals surface area contributed by atoms with E-state index in [1.54, 1.807) is 38.1 Å². The third-order valence-corrected chi connectivity index (χ3v) is 5.97. The van der Waals surface area contributed by atoms with E-state index in [0.29, 0.717) is 22.8 Å². The molecule has 0 spiro atoms. The minimum atomic E-state index is -4.56. The second-order valence-corrected chi connectivity index (χ2v) is 8.30. The summed E-state index contributed by atoms with van der Waals surface area (Å²) in [5, 5.41) is 20.8. The first kappa shape index (κ1) is 25.0. The minimum Gasteiger partial charge on any atom is -0.507 e. The number of nitrogens with zero attached hydrogens (tertiary/aromatic N) is 1. The van der Waals surface area contributed by atoms with Gasteiger partial charge in [0.2, 0.25) is 0 Å². The first-order valence-corrected chi connectivity index (χ1v) is 10.6. The molecule has 0 bridgehead atoms. The number of rotatable bonds is 9. The number of fused-ring (bicyclic) bond motifs is 1. The van der Waals surface area contributed by atoms with Crippen molar-refractivity contribution in [2.24, 2.45) is 5.41 Å². The Balaban J connectivity index is 1.93. The summed E-state index contributed by atoms with van der Waals surface area (Å²) in [7, 11) is 0. The highest BCUT2D eigenvalue weighted by atomic mass is 19.4. The molecule has 0 fully saturated rings. The third-order valence-electron chi connectivity index (χ3n) is 5.97. The second kappa shape index (κ2) is 9.70. The maximum Gasteiger partial charge on any atom is 0.433 e. The highest BCUT2D eigenvalue weighted by Crippen LogP contribution is 2.38. The van der Waals surface area contributed by atoms with Gasteiger partial charge in [-0.15, -0.1) is 0 Å². The molecule has 0 aliphatic carbocycles. The number of carboxylic acids is 1. The Labute approximate surface area is 194 Å². The molecule has 1 atom stereocenters. The molecule has 3 aromatic rings. The number of aliphatic carboxylic acids is 1. The lowest BCUT2D eigenvalue weighted by Gasteiger charge is -2.22. The van der Waals surface area contributed by atoms with Crippen molar-refractivity contribution in [3.05, 3.63) is 65.5 Å². The van der Waals surface area contributed by atoms with E-state index in [1.807, 2.05) is 0 Å². The molecule has 1 unspecified atom stereocenters. The molecule has 2 N–H and O–H groups in total. The first-order chi connectivity index (χ1) is 16.0. The Morgan fingerprint density at radius 2 is 1.76 bits per heavy atom. The number of pyridine rings is 1. The smallest absolute Gasteiger partial charge is 0.433 e. The lowest BCUT2D eigenvalue weighted by Crippen LogP contribution is -2.27. The minimum absolute atomic E-state index is 0.0694. The lowest BCUT2D eigenvalue weighted by atomic mass is 9.81. The number of aromatic hydroxyl groups is 1. The molecule has 0 saturated heterocycles. The van der Waals surface area contributed by atoms with Crippen LogP contribution < -0.4 is 4.74 Å². The first-order valence-electron chi connectivity index (χ1n) is 10.6. The number of halogens is 3. The van der Waals surface area contributed by atoms with Crippen molar-refractivity contribution in [1.82, 2.24) is 4.98 Å². The van der Waals surface area contributed by atoms with E-state index < -0.39 is 29.0 Å². The standard InChI is InChI=1S/C25H24F3NO5/c1-3-24(2,23(32)33)11-10-19(30)18-12-20(31)16-6-4-5-7-17(16)22(18)34-14-15-8-9-21(29-13-15)25(26,27)28/h4-9,12-13,31H,3,10-11,14H2,1-2H3,(H,32,33). The average Bonchev–Trinajstić information content (AvgIpc) is 2.81. The number of carbonyl (C=O) groups excluding carboxylic acids is 1. The van der Waals surface area contributed by atoms with Gasteiger partial charge in [-0.3, -0.25) is 14.6 Å². The Morgan fingerprint density at radius 1 is 1.09 bits per heavy atom. The topological polar surface area (TPSA) is 96.7 Å². The fourth-order valence-corrected chi connectivity index (χ4v) is 3.48. The molecule has 2 aromatic carbocycles. The number of benzene rings is 2. The van der Waals surface area contributed by atoms with Crippen LogP contribution in [0.15, 0.2) is 48.7 Å². The van der Waals surface area contributed by atoms with Crippen LogP contribution in [0, 0.1) is 5.41 Å². The van der Waals surface area contributed by atoms with Crippen LogP contribution in [-0.2, 0) is 17.6 Å². The summed E-state index contributed by atoms with van der Waals surface area (Å²) in [5.41, 5.74) is -1.69. The highest BCUT2D eigenvalue weighted by molar-refractivity contribution is 6.07. The van der Waals surface area contributed by atoms with Crippen molar-refractivity contribution in [2.45, 2.75) is 45.9 Å². The van der Waals surface area contributed by atoms with Crippen LogP contribution in [0.25, 0.3) is 10.8 Å². The zero-order chi connectivity index (χ0) is 25.1. The summed E-state index contributed by atoms with van der Waals surface area (Å²) >= 11 is 0. The van der Waals surface area contributed by atoms with Crippen LogP contribution in [0.2, 0.25) is 0 Å². The van der Waals surface area contributed by atoms with E-state index in [2.05, 4.69) is 4.98 Å². The largest absolute Gasteiger partial charge is 0.507 e. The molecule has 0 saturated carbocycles. The zero-order valence-electron chi connectivity index (χ0n) is 18.6. The van der Waals surface area contributed by atoms with Crippen LogP contribution in [0.1, 0.15) is 54.7 Å². The van der Waals surface area contributed by atoms with E-state index in [4.69, 9.17) is 4.74 Å². The summed E-state index contributed by atoms with van der Waals surface area (Å²) < 4.78 is 44.2. The van der Waals surface area contributed by atoms with E-state index in [-0.39, 0.29) is 36.5 Å². The second-order valence-electron chi connectivity index (χ2n) is 8.30. The zero-order valence-corrected chi connectivity index (χ0v) is 18.6. The predicted octanol–water partition coefficient (Wildman–Crippen LogP) is 6.00. The number of hydrogen-bond donors (Lipinski definition) is 2. The SMILES string of the molecule is CCC(C)(CCC(=O)c1cc(O)c2ccccc2c1OCc1ccc(C(F)(F)F)nc1)C(=O)O. The highest BCUT2D eigenvalue weighted by Gasteiger charge is 2.33. The lowest BCUT2D eigenvalue weighted by molar-refractivity contribution is -0.148. The van der Waals surface area contributed by atoms with Crippen molar-refractivity contribution in [3.8, 4) is 11.5 Å². The van der Waals surface area contributed by atoms with Gasteiger partial charge in [0, 0.05) is 29.0 Å². The fraction of sp³-hybridized carbons (Fsp3) is 0.320. The van der Waals surface area contributed by atoms with Gasteiger partial charge in [-0.1, -0.05) is 37.3 Å². The number of carbonyl (C=O) groups is 2. The number of hydrogen-bond acceptors (Lipinski definition) is 5. The van der Waals surface area contributed by atoms with Gasteiger partial charge >= 0.3 is 12.1 Å². The quantitative estimate of drug-likeness (QED) is 0.369. The van der Waals surface area contributed by atoms with Gasteiger partial charge in [0.25, 0.3) is 0 Å². The van der Waals surface area contributed by atoms with Gasteiger partial charge < -0.3 is 14.9 Å². The third kappa shape index (κ3) is 5.30. The van der Waals surface area contributed by atoms with E-state index in [9.17, 15) is 33.0 Å². The molecule has 0 aliphatic heterocycles. The van der Waals surface area contributed by atoms with Crippen LogP contribution >= 0.6 is 0 Å². The molecular formula is C25H24F3NO5. The molecule has 3 rings (SSSR count). The Hall–Kier alpha value is -3.62. The number of carboxylic acid groups (broad SMARTS) is 1. The summed E-state index contributed by atoms with van der Waals surface area (Å²) in [4.78, 5) is 28.1. The molecule has 1 aromatic heterocycles. The number of phenols is 1. The molecule has 6 nitrogen and oxygen atoms in total. The van der Waals surface area contributed by atoms with Crippen molar-refractivity contribution < 1.29 is 37.7 Å². The Kier molecular flexibility index (Phi) is 7.14. The monoisotopic (exact) mass is 475 g/mol. The van der Waals surface area contributed by atoms with Crippen LogP contribution in [-0.4, -0.2) is 26.9 Å². The van der Waals surface area contributed by atoms with Gasteiger partial charge in [-0.2, -0.15) is 13.2 Å². The van der Waals surface area contributed by atoms with E-state index in [0.717, 1.165) is 12.3 Å². The maximum atomic E-state index is 13.1. The molecule has 180 valence electrons. The number of Topliss-reactive ketones (excluding diaryl/α,β-unsaturated/α-hetero) is 1. The summed E-state index contributed by atoms with van der Waals surface area (Å²) in [6.07, 6.45) is -3.18. The van der Waals surface area contributed by atoms with Gasteiger partial charge in [-0.05, 0) is 31.9 Å². The van der Waals surface area contributed by atoms with Gasteiger partial charge in [0.15, 0.2) is 5.78 Å². The van der Waals surface area contributed by atoms with Crippen LogP contribution in [0.3, 0.4) is 0 Å². The summed E-state index contributed by atoms with van der Waals surface area (Å²) in [6, 6.07) is 10.0. The maximum absolute atomic E-state index is 13.1.